The fourth-order valence-electron chi connectivity index (χ4n) is 3.49. The van der Waals surface area contributed by atoms with Crippen LogP contribution in [0.4, 0.5) is 5.69 Å². The van der Waals surface area contributed by atoms with E-state index in [1.165, 1.54) is 25.7 Å². The summed E-state index contributed by atoms with van der Waals surface area (Å²) < 4.78 is 1.71. The number of hydrogen-bond donors (Lipinski definition) is 1. The van der Waals surface area contributed by atoms with Crippen LogP contribution in [0, 0.1) is 11.8 Å². The van der Waals surface area contributed by atoms with Crippen molar-refractivity contribution in [3.8, 4) is 0 Å². The van der Waals surface area contributed by atoms with Gasteiger partial charge in [0.05, 0.1) is 5.52 Å². The molecule has 0 radical (unpaired) electrons. The van der Waals surface area contributed by atoms with E-state index < -0.39 is 0 Å². The van der Waals surface area contributed by atoms with Gasteiger partial charge in [-0.2, -0.15) is 0 Å². The van der Waals surface area contributed by atoms with Crippen LogP contribution in [-0.2, 0) is 7.05 Å². The summed E-state index contributed by atoms with van der Waals surface area (Å²) in [5, 5.41) is 4.67. The Morgan fingerprint density at radius 3 is 2.81 bits per heavy atom. The topological polar surface area (TPSA) is 34.0 Å². The summed E-state index contributed by atoms with van der Waals surface area (Å²) in [5.41, 5.74) is 2.02. The molecule has 1 saturated carbocycles. The third-order valence-electron chi connectivity index (χ3n) is 5.00. The van der Waals surface area contributed by atoms with Gasteiger partial charge in [-0.25, -0.2) is 0 Å². The van der Waals surface area contributed by atoms with E-state index >= 15 is 0 Å². The standard InChI is InChI=1S/C18H24N2O/c1-13-7-3-4-8-14(13)12-19-16-11-18(21)20(2)17-10-6-5-9-15(16)17/h5-6,9-11,13-14,19H,3-4,7-8,12H2,1-2H3. The molecule has 3 rings (SSSR count). The highest BCUT2D eigenvalue weighted by Gasteiger charge is 2.21. The molecular weight excluding hydrogens is 260 g/mol. The molecule has 0 amide bonds. The van der Waals surface area contributed by atoms with E-state index in [0.29, 0.717) is 0 Å². The number of para-hydroxylation sites is 1. The molecule has 1 fully saturated rings. The smallest absolute Gasteiger partial charge is 0.252 e. The Labute approximate surface area is 126 Å². The fraction of sp³-hybridized carbons (Fsp3) is 0.500. The summed E-state index contributed by atoms with van der Waals surface area (Å²) in [6.45, 7) is 3.33. The second-order valence-electron chi connectivity index (χ2n) is 6.38. The van der Waals surface area contributed by atoms with Crippen molar-refractivity contribution in [2.24, 2.45) is 18.9 Å². The van der Waals surface area contributed by atoms with Gasteiger partial charge in [0.1, 0.15) is 0 Å². The molecule has 3 nitrogen and oxygen atoms in total. The average Bonchev–Trinajstić information content (AvgIpc) is 2.51. The minimum atomic E-state index is 0.0490. The van der Waals surface area contributed by atoms with Crippen molar-refractivity contribution < 1.29 is 0 Å². The second kappa shape index (κ2) is 5.92. The lowest BCUT2D eigenvalue weighted by molar-refractivity contribution is 0.268. The molecule has 0 saturated heterocycles. The number of fused-ring (bicyclic) bond motifs is 1. The van der Waals surface area contributed by atoms with E-state index in [2.05, 4.69) is 18.3 Å². The van der Waals surface area contributed by atoms with Gasteiger partial charge in [0.2, 0.25) is 0 Å². The van der Waals surface area contributed by atoms with E-state index in [1.54, 1.807) is 10.6 Å². The number of aromatic nitrogens is 1. The summed E-state index contributed by atoms with van der Waals surface area (Å²) in [6.07, 6.45) is 5.35. The fourth-order valence-corrected chi connectivity index (χ4v) is 3.49. The van der Waals surface area contributed by atoms with Crippen molar-refractivity contribution in [2.75, 3.05) is 11.9 Å². The molecule has 112 valence electrons. The van der Waals surface area contributed by atoms with Crippen LogP contribution in [0.5, 0.6) is 0 Å². The first-order chi connectivity index (χ1) is 10.2. The summed E-state index contributed by atoms with van der Waals surface area (Å²) >= 11 is 0. The highest BCUT2D eigenvalue weighted by atomic mass is 16.1. The number of nitrogens with one attached hydrogen (secondary N) is 1. The van der Waals surface area contributed by atoms with Gasteiger partial charge in [-0.15, -0.1) is 0 Å². The number of pyridine rings is 1. The molecule has 1 aliphatic carbocycles. The lowest BCUT2D eigenvalue weighted by Crippen LogP contribution is -2.25. The SMILES string of the molecule is CC1CCCCC1CNc1cc(=O)n(C)c2ccccc12. The Balaban J connectivity index is 1.87. The van der Waals surface area contributed by atoms with Crippen molar-refractivity contribution in [1.29, 1.82) is 0 Å². The molecule has 2 atom stereocenters. The largest absolute Gasteiger partial charge is 0.384 e. The zero-order chi connectivity index (χ0) is 14.8. The zero-order valence-electron chi connectivity index (χ0n) is 12.9. The van der Waals surface area contributed by atoms with E-state index in [9.17, 15) is 4.79 Å². The molecule has 0 aliphatic heterocycles. The Hall–Kier alpha value is -1.77. The number of aryl methyl sites for hydroxylation is 1. The van der Waals surface area contributed by atoms with Gasteiger partial charge in [-0.3, -0.25) is 4.79 Å². The summed E-state index contributed by atoms with van der Waals surface area (Å²) in [4.78, 5) is 12.1. The Bertz CT molecular complexity index is 689. The summed E-state index contributed by atoms with van der Waals surface area (Å²) in [5.74, 6) is 1.51. The van der Waals surface area contributed by atoms with Crippen LogP contribution in [0.3, 0.4) is 0 Å². The summed E-state index contributed by atoms with van der Waals surface area (Å²) in [6, 6.07) is 9.83. The molecule has 1 heterocycles. The van der Waals surface area contributed by atoms with Gasteiger partial charge in [-0.05, 0) is 24.3 Å². The Morgan fingerprint density at radius 1 is 1.24 bits per heavy atom. The van der Waals surface area contributed by atoms with Crippen LogP contribution in [0.25, 0.3) is 10.9 Å². The molecule has 3 heteroatoms. The second-order valence-corrected chi connectivity index (χ2v) is 6.38. The summed E-state index contributed by atoms with van der Waals surface area (Å²) in [7, 11) is 1.83. The first-order valence-corrected chi connectivity index (χ1v) is 7.99. The quantitative estimate of drug-likeness (QED) is 0.930. The molecule has 1 aromatic heterocycles. The van der Waals surface area contributed by atoms with Crippen LogP contribution in [0.15, 0.2) is 35.1 Å². The monoisotopic (exact) mass is 284 g/mol. The van der Waals surface area contributed by atoms with Gasteiger partial charge in [0.15, 0.2) is 0 Å². The predicted octanol–water partition coefficient (Wildman–Crippen LogP) is 3.78. The highest BCUT2D eigenvalue weighted by Crippen LogP contribution is 2.30. The van der Waals surface area contributed by atoms with Crippen molar-refractivity contribution in [3.05, 3.63) is 40.7 Å². The molecule has 1 aromatic carbocycles. The maximum absolute atomic E-state index is 12.1. The van der Waals surface area contributed by atoms with Gasteiger partial charge in [0.25, 0.3) is 5.56 Å². The number of hydrogen-bond acceptors (Lipinski definition) is 2. The minimum Gasteiger partial charge on any atom is -0.384 e. The van der Waals surface area contributed by atoms with Crippen LogP contribution < -0.4 is 10.9 Å². The molecule has 0 bridgehead atoms. The lowest BCUT2D eigenvalue weighted by Gasteiger charge is -2.29. The average molecular weight is 284 g/mol. The van der Waals surface area contributed by atoms with Gasteiger partial charge >= 0.3 is 0 Å². The van der Waals surface area contributed by atoms with E-state index in [-0.39, 0.29) is 5.56 Å². The number of benzene rings is 1. The number of rotatable bonds is 3. The molecule has 0 spiro atoms. The van der Waals surface area contributed by atoms with E-state index in [1.807, 2.05) is 25.2 Å². The van der Waals surface area contributed by atoms with Crippen molar-refractivity contribution in [1.82, 2.24) is 4.57 Å². The van der Waals surface area contributed by atoms with Crippen LogP contribution in [0.2, 0.25) is 0 Å². The first kappa shape index (κ1) is 14.2. The maximum Gasteiger partial charge on any atom is 0.252 e. The third-order valence-corrected chi connectivity index (χ3v) is 5.00. The number of nitrogens with zero attached hydrogens (tertiary/aromatic N) is 1. The van der Waals surface area contributed by atoms with Crippen LogP contribution in [-0.4, -0.2) is 11.1 Å². The lowest BCUT2D eigenvalue weighted by atomic mass is 9.80. The minimum absolute atomic E-state index is 0.0490. The van der Waals surface area contributed by atoms with Crippen molar-refractivity contribution in [3.63, 3.8) is 0 Å². The number of anilines is 1. The molecule has 2 unspecified atom stereocenters. The van der Waals surface area contributed by atoms with Gasteiger partial charge in [0, 0.05) is 30.7 Å². The van der Waals surface area contributed by atoms with Crippen molar-refractivity contribution in [2.45, 2.75) is 32.6 Å². The van der Waals surface area contributed by atoms with Crippen molar-refractivity contribution >= 4 is 16.6 Å². The van der Waals surface area contributed by atoms with E-state index in [4.69, 9.17) is 0 Å². The predicted molar refractivity (Wildman–Crippen MR) is 88.8 cm³/mol. The highest BCUT2D eigenvalue weighted by molar-refractivity contribution is 5.91. The molecular formula is C18H24N2O. The van der Waals surface area contributed by atoms with Gasteiger partial charge < -0.3 is 9.88 Å². The molecule has 1 aliphatic rings. The Kier molecular flexibility index (Phi) is 4.00. The molecule has 21 heavy (non-hydrogen) atoms. The van der Waals surface area contributed by atoms with E-state index in [0.717, 1.165) is 35.0 Å². The molecule has 2 aromatic rings. The maximum atomic E-state index is 12.1. The normalized spacial score (nSPS) is 22.4. The Morgan fingerprint density at radius 2 is 2.00 bits per heavy atom. The third kappa shape index (κ3) is 2.82. The van der Waals surface area contributed by atoms with Gasteiger partial charge in [-0.1, -0.05) is 44.4 Å². The van der Waals surface area contributed by atoms with Crippen LogP contribution in [0.1, 0.15) is 32.6 Å². The first-order valence-electron chi connectivity index (χ1n) is 7.99. The molecule has 1 N–H and O–H groups in total. The van der Waals surface area contributed by atoms with Crippen LogP contribution >= 0.6 is 0 Å². The zero-order valence-corrected chi connectivity index (χ0v) is 12.9.